The summed E-state index contributed by atoms with van der Waals surface area (Å²) < 4.78 is 0. The highest BCUT2D eigenvalue weighted by Crippen LogP contribution is 2.41. The molecule has 1 aromatic carbocycles. The highest BCUT2D eigenvalue weighted by Gasteiger charge is 2.21. The zero-order valence-electron chi connectivity index (χ0n) is 5.67. The van der Waals surface area contributed by atoms with Gasteiger partial charge in [-0.25, -0.2) is 0 Å². The molecule has 0 aliphatic heterocycles. The van der Waals surface area contributed by atoms with Gasteiger partial charge in [0, 0.05) is 0 Å². The summed E-state index contributed by atoms with van der Waals surface area (Å²) in [7, 11) is 0. The van der Waals surface area contributed by atoms with Crippen LogP contribution in [0.2, 0.25) is 0 Å². The summed E-state index contributed by atoms with van der Waals surface area (Å²) in [6, 6.07) is 8.38. The van der Waals surface area contributed by atoms with E-state index < -0.39 is 0 Å². The predicted octanol–water partition coefficient (Wildman–Crippen LogP) is 2.62. The van der Waals surface area contributed by atoms with E-state index in [4.69, 9.17) is 0 Å². The largest absolute Gasteiger partial charge is 0.0990 e. The lowest BCUT2D eigenvalue weighted by Crippen LogP contribution is -1.48. The first-order chi connectivity index (χ1) is 4.93. The van der Waals surface area contributed by atoms with Gasteiger partial charge in [-0.2, -0.15) is 0 Å². The first kappa shape index (κ1) is 5.48. The molecule has 1 aliphatic carbocycles. The van der Waals surface area contributed by atoms with E-state index in [1.807, 2.05) is 12.2 Å². The van der Waals surface area contributed by atoms with Crippen LogP contribution in [0.3, 0.4) is 0 Å². The molecule has 0 radical (unpaired) electrons. The van der Waals surface area contributed by atoms with Gasteiger partial charge in [0.25, 0.3) is 0 Å². The molecule has 0 heteroatoms. The minimum absolute atomic E-state index is 1.35. The molecule has 1 aliphatic rings. The van der Waals surface area contributed by atoms with Crippen LogP contribution in [0.5, 0.6) is 0 Å². The topological polar surface area (TPSA) is 0 Å². The lowest BCUT2D eigenvalue weighted by Gasteiger charge is -1.67. The molecule has 0 amide bonds. The van der Waals surface area contributed by atoms with Crippen LogP contribution in [0.4, 0.5) is 0 Å². The number of hydrogen-bond donors (Lipinski definition) is 0. The molecule has 10 heavy (non-hydrogen) atoms. The first-order valence-electron chi connectivity index (χ1n) is 3.36. The normalized spacial score (nSPS) is 12.2. The van der Waals surface area contributed by atoms with E-state index in [1.165, 1.54) is 16.7 Å². The van der Waals surface area contributed by atoms with Crippen LogP contribution in [0.25, 0.3) is 5.57 Å². The van der Waals surface area contributed by atoms with Crippen LogP contribution in [-0.2, 0) is 0 Å². The van der Waals surface area contributed by atoms with Gasteiger partial charge in [0.1, 0.15) is 0 Å². The van der Waals surface area contributed by atoms with Crippen molar-refractivity contribution >= 4 is 5.57 Å². The fraction of sp³-hybridized carbons (Fsp3) is 0. The van der Waals surface area contributed by atoms with Gasteiger partial charge in [-0.3, -0.25) is 0 Å². The van der Waals surface area contributed by atoms with Crippen molar-refractivity contribution in [3.63, 3.8) is 0 Å². The quantitative estimate of drug-likeness (QED) is 0.553. The molecule has 1 aromatic rings. The van der Waals surface area contributed by atoms with Gasteiger partial charge in [-0.15, -0.1) is 0 Å². The average Bonchev–Trinajstić information content (AvgIpc) is 2.66. The minimum Gasteiger partial charge on any atom is -0.0990 e. The van der Waals surface area contributed by atoms with Gasteiger partial charge >= 0.3 is 0 Å². The van der Waals surface area contributed by atoms with Crippen molar-refractivity contribution in [2.75, 3.05) is 0 Å². The van der Waals surface area contributed by atoms with Gasteiger partial charge in [-0.05, 0) is 16.7 Å². The highest BCUT2D eigenvalue weighted by molar-refractivity contribution is 6.00. The minimum atomic E-state index is 1.35. The molecule has 0 bridgehead atoms. The van der Waals surface area contributed by atoms with Crippen LogP contribution in [0, 0.1) is 0 Å². The lowest BCUT2D eigenvalue weighted by atomic mass is 10.4. The molecule has 48 valence electrons. The van der Waals surface area contributed by atoms with E-state index >= 15 is 0 Å². The van der Waals surface area contributed by atoms with Crippen molar-refractivity contribution in [2.24, 2.45) is 0 Å². The van der Waals surface area contributed by atoms with Crippen molar-refractivity contribution in [3.8, 4) is 0 Å². The molecule has 0 atom stereocenters. The maximum absolute atomic E-state index is 3.65. The fourth-order valence-corrected chi connectivity index (χ4v) is 1.19. The van der Waals surface area contributed by atoms with Crippen molar-refractivity contribution < 1.29 is 0 Å². The Balaban J connectivity index is 2.46. The Kier molecular flexibility index (Phi) is 1.01. The molecule has 0 saturated carbocycles. The molecule has 0 nitrogen and oxygen atoms in total. The Morgan fingerprint density at radius 2 is 1.70 bits per heavy atom. The van der Waals surface area contributed by atoms with E-state index in [2.05, 4.69) is 30.8 Å². The smallest absolute Gasteiger partial charge is 0.00990 e. The van der Waals surface area contributed by atoms with Gasteiger partial charge in [-0.1, -0.05) is 43.0 Å². The summed E-state index contributed by atoms with van der Waals surface area (Å²) in [6.07, 6.45) is 3.88. The molecule has 0 aromatic heterocycles. The molecule has 0 heterocycles. The van der Waals surface area contributed by atoms with E-state index in [0.29, 0.717) is 0 Å². The SMILES string of the molecule is C=CC=C1c2ccccc21. The fourth-order valence-electron chi connectivity index (χ4n) is 1.19. The molecular weight excluding hydrogens is 120 g/mol. The van der Waals surface area contributed by atoms with Gasteiger partial charge in [0.2, 0.25) is 0 Å². The zero-order valence-corrected chi connectivity index (χ0v) is 5.67. The Morgan fingerprint density at radius 1 is 1.10 bits per heavy atom. The molecular formula is C10H8. The second kappa shape index (κ2) is 1.84. The average molecular weight is 128 g/mol. The summed E-state index contributed by atoms with van der Waals surface area (Å²) in [5.74, 6) is 0. The molecule has 0 saturated heterocycles. The molecule has 2 rings (SSSR count). The monoisotopic (exact) mass is 128 g/mol. The van der Waals surface area contributed by atoms with Gasteiger partial charge < -0.3 is 0 Å². The number of fused-ring (bicyclic) bond motifs is 1. The van der Waals surface area contributed by atoms with E-state index in [1.54, 1.807) is 0 Å². The third kappa shape index (κ3) is 0.623. The summed E-state index contributed by atoms with van der Waals surface area (Å²) in [4.78, 5) is 0. The first-order valence-corrected chi connectivity index (χ1v) is 3.36. The standard InChI is InChI=1S/C10H8/c1-2-5-8-9-6-3-4-7-10(8)9/h2-7H,1H2. The molecule has 0 spiro atoms. The summed E-state index contributed by atoms with van der Waals surface area (Å²) in [6.45, 7) is 3.65. The second-order valence-electron chi connectivity index (χ2n) is 2.36. The van der Waals surface area contributed by atoms with E-state index in [-0.39, 0.29) is 0 Å². The molecule has 0 N–H and O–H groups in total. The molecule has 0 fully saturated rings. The number of rotatable bonds is 1. The maximum Gasteiger partial charge on any atom is -0.00990 e. The summed E-state index contributed by atoms with van der Waals surface area (Å²) in [5, 5.41) is 0. The number of hydrogen-bond acceptors (Lipinski definition) is 0. The van der Waals surface area contributed by atoms with Crippen molar-refractivity contribution in [2.45, 2.75) is 0 Å². The summed E-state index contributed by atoms with van der Waals surface area (Å²) in [5.41, 5.74) is 4.10. The lowest BCUT2D eigenvalue weighted by molar-refractivity contribution is 1.77. The van der Waals surface area contributed by atoms with Gasteiger partial charge in [0.15, 0.2) is 0 Å². The van der Waals surface area contributed by atoms with Crippen molar-refractivity contribution in [1.29, 1.82) is 0 Å². The Hall–Kier alpha value is -1.30. The van der Waals surface area contributed by atoms with E-state index in [0.717, 1.165) is 0 Å². The Bertz CT molecular complexity index is 281. The van der Waals surface area contributed by atoms with Crippen molar-refractivity contribution in [3.05, 3.63) is 54.1 Å². The highest BCUT2D eigenvalue weighted by atomic mass is 14.2. The predicted molar refractivity (Wildman–Crippen MR) is 43.7 cm³/mol. The summed E-state index contributed by atoms with van der Waals surface area (Å²) >= 11 is 0. The van der Waals surface area contributed by atoms with Crippen LogP contribution >= 0.6 is 0 Å². The van der Waals surface area contributed by atoms with Gasteiger partial charge in [0.05, 0.1) is 0 Å². The second-order valence-corrected chi connectivity index (χ2v) is 2.36. The maximum atomic E-state index is 3.65. The third-order valence-corrected chi connectivity index (χ3v) is 1.73. The van der Waals surface area contributed by atoms with Crippen molar-refractivity contribution in [1.82, 2.24) is 0 Å². The van der Waals surface area contributed by atoms with Crippen LogP contribution in [0.1, 0.15) is 11.1 Å². The third-order valence-electron chi connectivity index (χ3n) is 1.73. The number of benzene rings is 1. The van der Waals surface area contributed by atoms with Crippen LogP contribution in [0.15, 0.2) is 43.0 Å². The van der Waals surface area contributed by atoms with Crippen LogP contribution in [-0.4, -0.2) is 0 Å². The Labute approximate surface area is 60.5 Å². The Morgan fingerprint density at radius 3 is 2.20 bits per heavy atom. The number of allylic oxidation sites excluding steroid dienone is 2. The van der Waals surface area contributed by atoms with Crippen LogP contribution < -0.4 is 0 Å². The van der Waals surface area contributed by atoms with E-state index in [9.17, 15) is 0 Å². The zero-order chi connectivity index (χ0) is 6.97. The molecule has 0 unspecified atom stereocenters.